The number of hydrogen-bond acceptors (Lipinski definition) is 4. The summed E-state index contributed by atoms with van der Waals surface area (Å²) in [4.78, 5) is 35.4. The van der Waals surface area contributed by atoms with E-state index in [9.17, 15) is 9.59 Å². The number of hydrogen-bond donors (Lipinski definition) is 1. The largest absolute Gasteiger partial charge is 0.361 e. The summed E-state index contributed by atoms with van der Waals surface area (Å²) in [5, 5.41) is 1.36. The van der Waals surface area contributed by atoms with Gasteiger partial charge in [0.1, 0.15) is 0 Å². The molecule has 0 spiro atoms. The number of H-pyrrole nitrogens is 1. The molecule has 0 unspecified atom stereocenters. The molecule has 6 heteroatoms. The number of fused-ring (bicyclic) bond motifs is 2. The molecule has 1 saturated heterocycles. The molecule has 2 fully saturated rings. The SMILES string of the molecule is CN1C[C@H](CN2CC(=O)N(C3CCCCC3)C(=O)C2)C=C2c3cccc4[nH]cc(c34)C[C@H]21. The zero-order chi connectivity index (χ0) is 21.8. The van der Waals surface area contributed by atoms with Crippen LogP contribution in [0.5, 0.6) is 0 Å². The predicted molar refractivity (Wildman–Crippen MR) is 125 cm³/mol. The van der Waals surface area contributed by atoms with Gasteiger partial charge in [0.15, 0.2) is 0 Å². The molecular weight excluding hydrogens is 400 g/mol. The molecule has 2 atom stereocenters. The first kappa shape index (κ1) is 20.2. The standard InChI is InChI=1S/C26H32N4O2/c1-28-13-17(10-21-20-8-5-9-22-26(20)18(12-27-22)11-23(21)28)14-29-15-24(31)30(25(32)16-29)19-6-3-2-4-7-19/h5,8-10,12,17,19,23,27H,2-4,6-7,11,13-16H2,1H3/t17-,23-/m1/s1. The van der Waals surface area contributed by atoms with Gasteiger partial charge in [-0.05, 0) is 49.1 Å². The van der Waals surface area contributed by atoms with Gasteiger partial charge in [-0.1, -0.05) is 37.5 Å². The van der Waals surface area contributed by atoms with E-state index >= 15 is 0 Å². The first-order valence-corrected chi connectivity index (χ1v) is 12.2. The molecule has 168 valence electrons. The lowest BCUT2D eigenvalue weighted by Gasteiger charge is -2.42. The number of carbonyl (C=O) groups is 2. The fourth-order valence-corrected chi connectivity index (χ4v) is 6.60. The molecule has 1 N–H and O–H groups in total. The quantitative estimate of drug-likeness (QED) is 0.758. The Hall–Kier alpha value is -2.44. The normalized spacial score (nSPS) is 27.7. The fourth-order valence-electron chi connectivity index (χ4n) is 6.60. The molecule has 2 amide bonds. The Kier molecular flexibility index (Phi) is 4.95. The summed E-state index contributed by atoms with van der Waals surface area (Å²) in [6.07, 6.45) is 11.1. The van der Waals surface area contributed by atoms with Crippen LogP contribution in [0, 0.1) is 5.92 Å². The van der Waals surface area contributed by atoms with Crippen molar-refractivity contribution in [2.24, 2.45) is 5.92 Å². The third-order valence-electron chi connectivity index (χ3n) is 8.03. The maximum atomic E-state index is 12.9. The van der Waals surface area contributed by atoms with Gasteiger partial charge < -0.3 is 4.98 Å². The van der Waals surface area contributed by atoms with Crippen molar-refractivity contribution in [3.8, 4) is 0 Å². The molecular formula is C26H32N4O2. The van der Waals surface area contributed by atoms with Crippen molar-refractivity contribution in [3.63, 3.8) is 0 Å². The number of nitrogens with one attached hydrogen (secondary N) is 1. The molecule has 2 aliphatic carbocycles. The van der Waals surface area contributed by atoms with E-state index in [-0.39, 0.29) is 17.9 Å². The molecule has 4 aliphatic rings. The Morgan fingerprint density at radius 1 is 1.06 bits per heavy atom. The second kappa shape index (κ2) is 7.85. The lowest BCUT2D eigenvalue weighted by Crippen LogP contribution is -2.58. The van der Waals surface area contributed by atoms with Crippen LogP contribution in [0.4, 0.5) is 0 Å². The van der Waals surface area contributed by atoms with E-state index in [1.54, 1.807) is 4.90 Å². The van der Waals surface area contributed by atoms with Gasteiger partial charge in [-0.2, -0.15) is 0 Å². The minimum absolute atomic E-state index is 0.00208. The van der Waals surface area contributed by atoms with Gasteiger partial charge in [0.05, 0.1) is 13.1 Å². The number of benzene rings is 1. The number of imide groups is 1. The molecule has 6 nitrogen and oxygen atoms in total. The second-order valence-electron chi connectivity index (χ2n) is 10.2. The number of aromatic nitrogens is 1. The molecule has 1 aromatic carbocycles. The molecule has 0 radical (unpaired) electrons. The lowest BCUT2D eigenvalue weighted by atomic mass is 9.80. The van der Waals surface area contributed by atoms with Crippen molar-refractivity contribution >= 4 is 28.3 Å². The maximum absolute atomic E-state index is 12.9. The summed E-state index contributed by atoms with van der Waals surface area (Å²) in [5.41, 5.74) is 5.34. The minimum Gasteiger partial charge on any atom is -0.361 e. The summed E-state index contributed by atoms with van der Waals surface area (Å²) >= 11 is 0. The molecule has 32 heavy (non-hydrogen) atoms. The van der Waals surface area contributed by atoms with Gasteiger partial charge in [-0.25, -0.2) is 0 Å². The highest BCUT2D eigenvalue weighted by Gasteiger charge is 2.38. The number of likely N-dealkylation sites (N-methyl/N-ethyl adjacent to an activating group) is 1. The zero-order valence-corrected chi connectivity index (χ0v) is 18.8. The van der Waals surface area contributed by atoms with Crippen LogP contribution >= 0.6 is 0 Å². The van der Waals surface area contributed by atoms with E-state index in [0.29, 0.717) is 25.0 Å². The summed E-state index contributed by atoms with van der Waals surface area (Å²) in [6, 6.07) is 7.05. The molecule has 3 heterocycles. The lowest BCUT2D eigenvalue weighted by molar-refractivity contribution is -0.155. The van der Waals surface area contributed by atoms with Crippen molar-refractivity contribution < 1.29 is 9.59 Å². The Balaban J connectivity index is 1.22. The van der Waals surface area contributed by atoms with Gasteiger partial charge in [0, 0.05) is 48.2 Å². The third kappa shape index (κ3) is 3.32. The van der Waals surface area contributed by atoms with E-state index in [4.69, 9.17) is 0 Å². The highest BCUT2D eigenvalue weighted by molar-refractivity contribution is 6.00. The van der Waals surface area contributed by atoms with Crippen LogP contribution in [-0.4, -0.2) is 76.8 Å². The molecule has 2 aromatic rings. The van der Waals surface area contributed by atoms with Crippen LogP contribution in [0.3, 0.4) is 0 Å². The van der Waals surface area contributed by atoms with E-state index in [1.807, 2.05) is 0 Å². The number of aromatic amines is 1. The molecule has 6 rings (SSSR count). The second-order valence-corrected chi connectivity index (χ2v) is 10.2. The van der Waals surface area contributed by atoms with Crippen molar-refractivity contribution in [3.05, 3.63) is 41.6 Å². The highest BCUT2D eigenvalue weighted by Crippen LogP contribution is 2.40. The number of nitrogens with zero attached hydrogens (tertiary/aromatic N) is 3. The van der Waals surface area contributed by atoms with Crippen LogP contribution < -0.4 is 0 Å². The molecule has 2 aliphatic heterocycles. The van der Waals surface area contributed by atoms with E-state index in [0.717, 1.165) is 45.2 Å². The van der Waals surface area contributed by atoms with Gasteiger partial charge in [0.2, 0.25) is 11.8 Å². The first-order valence-electron chi connectivity index (χ1n) is 12.2. The van der Waals surface area contributed by atoms with E-state index in [2.05, 4.69) is 52.3 Å². The Morgan fingerprint density at radius 3 is 2.62 bits per heavy atom. The average Bonchev–Trinajstić information content (AvgIpc) is 3.19. The van der Waals surface area contributed by atoms with Gasteiger partial charge in [-0.3, -0.25) is 24.3 Å². The zero-order valence-electron chi connectivity index (χ0n) is 18.8. The fraction of sp³-hybridized carbons (Fsp3) is 0.538. The maximum Gasteiger partial charge on any atom is 0.243 e. The Bertz CT molecular complexity index is 1080. The number of piperazine rings is 1. The number of amides is 2. The molecule has 1 aromatic heterocycles. The van der Waals surface area contributed by atoms with Crippen LogP contribution in [0.2, 0.25) is 0 Å². The van der Waals surface area contributed by atoms with Crippen LogP contribution in [0.15, 0.2) is 30.5 Å². The highest BCUT2D eigenvalue weighted by atomic mass is 16.2. The van der Waals surface area contributed by atoms with Crippen LogP contribution in [-0.2, 0) is 16.0 Å². The smallest absolute Gasteiger partial charge is 0.243 e. The van der Waals surface area contributed by atoms with Crippen molar-refractivity contribution in [2.45, 2.75) is 50.6 Å². The van der Waals surface area contributed by atoms with Gasteiger partial charge in [-0.15, -0.1) is 0 Å². The monoisotopic (exact) mass is 432 g/mol. The molecule has 0 bridgehead atoms. The summed E-state index contributed by atoms with van der Waals surface area (Å²) in [5.74, 6) is 0.313. The van der Waals surface area contributed by atoms with Crippen molar-refractivity contribution in [1.29, 1.82) is 0 Å². The summed E-state index contributed by atoms with van der Waals surface area (Å²) in [6.45, 7) is 2.45. The van der Waals surface area contributed by atoms with Crippen LogP contribution in [0.1, 0.15) is 43.2 Å². The van der Waals surface area contributed by atoms with Gasteiger partial charge in [0.25, 0.3) is 0 Å². The Morgan fingerprint density at radius 2 is 1.84 bits per heavy atom. The average molecular weight is 433 g/mol. The minimum atomic E-state index is 0.00208. The number of carbonyl (C=O) groups excluding carboxylic acids is 2. The van der Waals surface area contributed by atoms with E-state index in [1.165, 1.54) is 34.0 Å². The van der Waals surface area contributed by atoms with Crippen molar-refractivity contribution in [1.82, 2.24) is 19.7 Å². The summed E-state index contributed by atoms with van der Waals surface area (Å²) in [7, 11) is 2.21. The summed E-state index contributed by atoms with van der Waals surface area (Å²) < 4.78 is 0. The Labute approximate surface area is 189 Å². The van der Waals surface area contributed by atoms with Gasteiger partial charge >= 0.3 is 0 Å². The van der Waals surface area contributed by atoms with E-state index < -0.39 is 0 Å². The predicted octanol–water partition coefficient (Wildman–Crippen LogP) is 3.04. The van der Waals surface area contributed by atoms with Crippen molar-refractivity contribution in [2.75, 3.05) is 33.2 Å². The van der Waals surface area contributed by atoms with Crippen LogP contribution in [0.25, 0.3) is 16.5 Å². The number of rotatable bonds is 3. The third-order valence-corrected chi connectivity index (χ3v) is 8.03. The molecule has 1 saturated carbocycles. The first-order chi connectivity index (χ1) is 15.6. The topological polar surface area (TPSA) is 59.6 Å².